The van der Waals surface area contributed by atoms with Crippen molar-refractivity contribution >= 4 is 20.0 Å². The van der Waals surface area contributed by atoms with Crippen LogP contribution in [0.4, 0.5) is 0 Å². The topological polar surface area (TPSA) is 35.5 Å². The summed E-state index contributed by atoms with van der Waals surface area (Å²) < 4.78 is 11.4. The highest BCUT2D eigenvalue weighted by Gasteiger charge is 2.32. The Morgan fingerprint density at radius 1 is 1.05 bits per heavy atom. The van der Waals surface area contributed by atoms with E-state index < -0.39 is 8.32 Å². The number of rotatable bonds is 8. The van der Waals surface area contributed by atoms with Gasteiger partial charge in [-0.1, -0.05) is 51.1 Å². The Labute approximate surface area is 129 Å². The van der Waals surface area contributed by atoms with Crippen molar-refractivity contribution in [1.29, 1.82) is 0 Å². The Kier molecular flexibility index (Phi) is 7.23. The molecule has 0 saturated heterocycles. The number of ether oxygens (including phenoxy) is 1. The summed E-state index contributed by atoms with van der Waals surface area (Å²) >= 11 is 0. The van der Waals surface area contributed by atoms with E-state index in [4.69, 9.17) is 9.16 Å². The lowest BCUT2D eigenvalue weighted by molar-refractivity contribution is -0.137. The molecule has 1 aromatic carbocycles. The van der Waals surface area contributed by atoms with Crippen LogP contribution in [0, 0.1) is 0 Å². The number of carbonyl (C=O) groups is 1. The highest BCUT2D eigenvalue weighted by Crippen LogP contribution is 2.29. The molecule has 3 nitrogen and oxygen atoms in total. The van der Waals surface area contributed by atoms with Crippen LogP contribution >= 0.6 is 0 Å². The van der Waals surface area contributed by atoms with Crippen molar-refractivity contribution in [3.63, 3.8) is 0 Å². The Hall–Kier alpha value is -1.55. The molecule has 0 atom stereocenters. The van der Waals surface area contributed by atoms with Gasteiger partial charge in [0.2, 0.25) is 0 Å². The van der Waals surface area contributed by atoms with Gasteiger partial charge in [-0.2, -0.15) is 0 Å². The lowest BCUT2D eigenvalue weighted by Gasteiger charge is -2.30. The fraction of sp³-hybridized carbons (Fsp3) is 0.471. The third-order valence-corrected chi connectivity index (χ3v) is 8.37. The molecule has 0 bridgehead atoms. The van der Waals surface area contributed by atoms with Gasteiger partial charge in [-0.15, -0.1) is 0 Å². The second kappa shape index (κ2) is 8.67. The zero-order chi connectivity index (χ0) is 15.7. The average Bonchev–Trinajstić information content (AvgIpc) is 2.53. The van der Waals surface area contributed by atoms with E-state index >= 15 is 0 Å². The smallest absolute Gasteiger partial charge is 0.334 e. The van der Waals surface area contributed by atoms with Gasteiger partial charge in [0.1, 0.15) is 5.76 Å². The number of carbonyl (C=O) groups excluding carboxylic acids is 1. The molecule has 0 spiro atoms. The predicted octanol–water partition coefficient (Wildman–Crippen LogP) is 4.61. The summed E-state index contributed by atoms with van der Waals surface area (Å²) in [4.78, 5) is 11.8. The first-order valence-electron chi connectivity index (χ1n) is 7.73. The lowest BCUT2D eigenvalue weighted by atomic mass is 10.2. The van der Waals surface area contributed by atoms with Crippen LogP contribution < -0.4 is 0 Å². The monoisotopic (exact) mass is 306 g/mol. The molecule has 0 saturated carbocycles. The van der Waals surface area contributed by atoms with Crippen molar-refractivity contribution in [1.82, 2.24) is 0 Å². The average molecular weight is 306 g/mol. The van der Waals surface area contributed by atoms with Gasteiger partial charge >= 0.3 is 5.97 Å². The van der Waals surface area contributed by atoms with E-state index in [1.54, 1.807) is 6.92 Å². The van der Waals surface area contributed by atoms with E-state index in [1.165, 1.54) is 6.08 Å². The molecule has 4 heteroatoms. The summed E-state index contributed by atoms with van der Waals surface area (Å²) in [6.45, 7) is 8.69. The third kappa shape index (κ3) is 5.05. The normalized spacial score (nSPS) is 12.1. The molecule has 21 heavy (non-hydrogen) atoms. The van der Waals surface area contributed by atoms with Gasteiger partial charge in [0.05, 0.1) is 12.7 Å². The zero-order valence-corrected chi connectivity index (χ0v) is 14.5. The van der Waals surface area contributed by atoms with Gasteiger partial charge in [0, 0.05) is 5.56 Å². The van der Waals surface area contributed by atoms with Crippen LogP contribution in [0.25, 0.3) is 5.76 Å². The Morgan fingerprint density at radius 2 is 1.62 bits per heavy atom. The van der Waals surface area contributed by atoms with Gasteiger partial charge < -0.3 is 9.16 Å². The minimum atomic E-state index is -1.83. The van der Waals surface area contributed by atoms with Crippen LogP contribution in [-0.2, 0) is 14.0 Å². The Balaban J connectivity index is 3.11. The van der Waals surface area contributed by atoms with E-state index in [2.05, 4.69) is 20.8 Å². The van der Waals surface area contributed by atoms with Crippen LogP contribution in [0.3, 0.4) is 0 Å². The Bertz CT molecular complexity index is 456. The van der Waals surface area contributed by atoms with Crippen molar-refractivity contribution < 1.29 is 14.0 Å². The SMILES string of the molecule is CCOC(=O)/C=C(\O[Si](CC)(CC)CC)c1ccccc1. The van der Waals surface area contributed by atoms with Crippen molar-refractivity contribution in [2.45, 2.75) is 45.8 Å². The largest absolute Gasteiger partial charge is 0.543 e. The maximum absolute atomic E-state index is 11.8. The molecule has 0 N–H and O–H groups in total. The maximum atomic E-state index is 11.8. The second-order valence-corrected chi connectivity index (χ2v) is 9.66. The molecule has 0 unspecified atom stereocenters. The molecule has 1 aromatic rings. The van der Waals surface area contributed by atoms with Crippen LogP contribution in [0.15, 0.2) is 36.4 Å². The molecule has 0 heterocycles. The highest BCUT2D eigenvalue weighted by molar-refractivity contribution is 6.74. The third-order valence-electron chi connectivity index (χ3n) is 3.85. The quantitative estimate of drug-likeness (QED) is 0.304. The van der Waals surface area contributed by atoms with Crippen molar-refractivity contribution in [3.8, 4) is 0 Å². The first-order chi connectivity index (χ1) is 10.1. The first-order valence-corrected chi connectivity index (χ1v) is 10.3. The summed E-state index contributed by atoms with van der Waals surface area (Å²) in [7, 11) is -1.83. The molecular formula is C17H26O3Si. The van der Waals surface area contributed by atoms with Crippen molar-refractivity contribution in [3.05, 3.63) is 42.0 Å². The number of hydrogen-bond donors (Lipinski definition) is 0. The van der Waals surface area contributed by atoms with Crippen LogP contribution in [0.5, 0.6) is 0 Å². The molecule has 0 aliphatic rings. The molecular weight excluding hydrogens is 280 g/mol. The zero-order valence-electron chi connectivity index (χ0n) is 13.5. The fourth-order valence-corrected chi connectivity index (χ4v) is 4.84. The summed E-state index contributed by atoms with van der Waals surface area (Å²) in [5.74, 6) is 0.300. The van der Waals surface area contributed by atoms with E-state index in [1.807, 2.05) is 30.3 Å². The molecule has 0 aromatic heterocycles. The maximum Gasteiger partial charge on any atom is 0.334 e. The molecule has 0 radical (unpaired) electrons. The molecule has 0 amide bonds. The van der Waals surface area contributed by atoms with E-state index in [-0.39, 0.29) is 5.97 Å². The molecule has 116 valence electrons. The minimum Gasteiger partial charge on any atom is -0.543 e. The van der Waals surface area contributed by atoms with Crippen LogP contribution in [0.1, 0.15) is 33.3 Å². The molecule has 0 aliphatic heterocycles. The molecule has 1 rings (SSSR count). The summed E-state index contributed by atoms with van der Waals surface area (Å²) in [6.07, 6.45) is 1.49. The standard InChI is InChI=1S/C17H26O3Si/c1-5-19-17(18)14-16(15-12-10-9-11-13-15)20-21(6-2,7-3)8-4/h9-14H,5-8H2,1-4H3/b16-14-. The van der Waals surface area contributed by atoms with E-state index in [9.17, 15) is 4.79 Å². The van der Waals surface area contributed by atoms with Gasteiger partial charge in [-0.25, -0.2) is 4.79 Å². The summed E-state index contributed by atoms with van der Waals surface area (Å²) in [5.41, 5.74) is 0.928. The van der Waals surface area contributed by atoms with Gasteiger partial charge in [-0.3, -0.25) is 0 Å². The van der Waals surface area contributed by atoms with E-state index in [0.717, 1.165) is 23.7 Å². The number of hydrogen-bond acceptors (Lipinski definition) is 3. The number of benzene rings is 1. The highest BCUT2D eigenvalue weighted by atomic mass is 28.4. The van der Waals surface area contributed by atoms with Gasteiger partial charge in [0.15, 0.2) is 0 Å². The summed E-state index contributed by atoms with van der Waals surface area (Å²) in [6, 6.07) is 12.9. The first kappa shape index (κ1) is 17.5. The van der Waals surface area contributed by atoms with Crippen molar-refractivity contribution in [2.24, 2.45) is 0 Å². The van der Waals surface area contributed by atoms with E-state index in [0.29, 0.717) is 12.4 Å². The Morgan fingerprint density at radius 3 is 2.10 bits per heavy atom. The van der Waals surface area contributed by atoms with Gasteiger partial charge in [-0.05, 0) is 25.1 Å². The lowest BCUT2D eigenvalue weighted by Crippen LogP contribution is -2.35. The molecule has 0 aliphatic carbocycles. The predicted molar refractivity (Wildman–Crippen MR) is 89.3 cm³/mol. The van der Waals surface area contributed by atoms with Crippen LogP contribution in [0.2, 0.25) is 18.1 Å². The fourth-order valence-electron chi connectivity index (χ4n) is 2.26. The van der Waals surface area contributed by atoms with Crippen LogP contribution in [-0.4, -0.2) is 20.9 Å². The second-order valence-electron chi connectivity index (χ2n) is 4.97. The van der Waals surface area contributed by atoms with Crippen molar-refractivity contribution in [2.75, 3.05) is 6.61 Å². The van der Waals surface area contributed by atoms with Gasteiger partial charge in [0.25, 0.3) is 8.32 Å². The summed E-state index contributed by atoms with van der Waals surface area (Å²) in [5, 5.41) is 0. The number of esters is 1. The molecule has 0 fully saturated rings. The minimum absolute atomic E-state index is 0.345.